The lowest BCUT2D eigenvalue weighted by atomic mass is 9.87. The van der Waals surface area contributed by atoms with Crippen molar-refractivity contribution in [3.05, 3.63) is 41.6 Å². The number of rotatable bonds is 4. The van der Waals surface area contributed by atoms with E-state index >= 15 is 0 Å². The van der Waals surface area contributed by atoms with E-state index in [0.717, 1.165) is 24.2 Å². The second-order valence-corrected chi connectivity index (χ2v) is 11.0. The lowest BCUT2D eigenvalue weighted by molar-refractivity contribution is -0.120. The Balaban J connectivity index is 1.91. The van der Waals surface area contributed by atoms with Gasteiger partial charge in [0.1, 0.15) is 11.0 Å². The summed E-state index contributed by atoms with van der Waals surface area (Å²) < 4.78 is 15.0. The lowest BCUT2D eigenvalue weighted by Crippen LogP contribution is -2.34. The molecule has 0 aromatic heterocycles. The van der Waals surface area contributed by atoms with Crippen molar-refractivity contribution in [3.63, 3.8) is 0 Å². The number of anilines is 1. The Bertz CT molecular complexity index is 694. The van der Waals surface area contributed by atoms with E-state index in [-0.39, 0.29) is 22.0 Å². The fourth-order valence-electron chi connectivity index (χ4n) is 2.74. The van der Waals surface area contributed by atoms with E-state index in [4.69, 9.17) is 0 Å². The van der Waals surface area contributed by atoms with Crippen LogP contribution in [0.3, 0.4) is 0 Å². The quantitative estimate of drug-likeness (QED) is 0.803. The van der Waals surface area contributed by atoms with Crippen LogP contribution in [-0.2, 0) is 21.2 Å². The van der Waals surface area contributed by atoms with Crippen LogP contribution in [0.2, 0.25) is 0 Å². The highest BCUT2D eigenvalue weighted by Gasteiger charge is 2.25. The minimum atomic E-state index is -1.12. The Morgan fingerprint density at radius 2 is 1.69 bits per heavy atom. The van der Waals surface area contributed by atoms with Crippen molar-refractivity contribution in [1.82, 2.24) is 4.72 Å². The highest BCUT2D eigenvalue weighted by atomic mass is 32.2. The Hall–Kier alpha value is -1.62. The van der Waals surface area contributed by atoms with Gasteiger partial charge in [-0.25, -0.2) is 4.21 Å². The number of amides is 1. The number of benzene rings is 1. The average molecular weight is 377 g/mol. The van der Waals surface area contributed by atoms with Gasteiger partial charge in [-0.1, -0.05) is 39.0 Å². The molecule has 1 aliphatic carbocycles. The molecule has 1 aromatic carbocycles. The van der Waals surface area contributed by atoms with Gasteiger partial charge in [0.25, 0.3) is 0 Å². The summed E-state index contributed by atoms with van der Waals surface area (Å²) >= 11 is 0. The molecule has 0 saturated heterocycles. The van der Waals surface area contributed by atoms with Crippen LogP contribution >= 0.6 is 0 Å². The van der Waals surface area contributed by atoms with Crippen LogP contribution in [0.1, 0.15) is 66.4 Å². The number of hydrogen-bond acceptors (Lipinski definition) is 2. The standard InChI is InChI=1S/C21H32N2O2S/c1-20(2,3)16-9-13-17(14-10-16)22-19(24)15-7-11-18(12-8-15)23-26(25)21(4,5)6/h9-11,13-15,23H,7-8,12H2,1-6H3,(H,22,24). The van der Waals surface area contributed by atoms with E-state index in [2.05, 4.69) is 42.9 Å². The molecule has 0 saturated carbocycles. The smallest absolute Gasteiger partial charge is 0.227 e. The number of carbonyl (C=O) groups is 1. The van der Waals surface area contributed by atoms with Gasteiger partial charge in [-0.05, 0) is 63.1 Å². The minimum Gasteiger partial charge on any atom is -0.326 e. The van der Waals surface area contributed by atoms with Crippen molar-refractivity contribution in [3.8, 4) is 0 Å². The molecular weight excluding hydrogens is 344 g/mol. The maximum absolute atomic E-state index is 12.5. The molecule has 144 valence electrons. The van der Waals surface area contributed by atoms with Crippen molar-refractivity contribution >= 4 is 22.6 Å². The van der Waals surface area contributed by atoms with Crippen LogP contribution in [0.5, 0.6) is 0 Å². The zero-order chi connectivity index (χ0) is 19.5. The van der Waals surface area contributed by atoms with Crippen LogP contribution in [0, 0.1) is 5.92 Å². The fraction of sp³-hybridized carbons (Fsp3) is 0.571. The normalized spacial score (nSPS) is 19.5. The third-order valence-corrected chi connectivity index (χ3v) is 6.14. The van der Waals surface area contributed by atoms with Crippen LogP contribution < -0.4 is 10.0 Å². The van der Waals surface area contributed by atoms with Crippen molar-refractivity contribution in [2.75, 3.05) is 5.32 Å². The van der Waals surface area contributed by atoms with Gasteiger partial charge in [0.05, 0.1) is 4.75 Å². The second kappa shape index (κ2) is 7.95. The maximum Gasteiger partial charge on any atom is 0.227 e. The molecule has 1 aromatic rings. The minimum absolute atomic E-state index is 0.0362. The molecule has 1 amide bonds. The molecule has 2 N–H and O–H groups in total. The van der Waals surface area contributed by atoms with E-state index in [1.54, 1.807) is 0 Å². The van der Waals surface area contributed by atoms with Gasteiger partial charge in [-0.2, -0.15) is 0 Å². The number of allylic oxidation sites excluding steroid dienone is 2. The van der Waals surface area contributed by atoms with Gasteiger partial charge in [0, 0.05) is 17.3 Å². The predicted octanol–water partition coefficient (Wildman–Crippen LogP) is 4.66. The van der Waals surface area contributed by atoms with Gasteiger partial charge in [-0.3, -0.25) is 4.79 Å². The molecule has 0 heterocycles. The lowest BCUT2D eigenvalue weighted by Gasteiger charge is -2.25. The molecule has 2 rings (SSSR count). The number of nitrogens with one attached hydrogen (secondary N) is 2. The monoisotopic (exact) mass is 376 g/mol. The summed E-state index contributed by atoms with van der Waals surface area (Å²) in [4.78, 5) is 12.5. The first-order chi connectivity index (χ1) is 12.0. The van der Waals surface area contributed by atoms with E-state index in [1.807, 2.05) is 39.0 Å². The third-order valence-electron chi connectivity index (χ3n) is 4.58. The van der Waals surface area contributed by atoms with Crippen molar-refractivity contribution in [2.24, 2.45) is 5.92 Å². The topological polar surface area (TPSA) is 58.2 Å². The molecule has 0 fully saturated rings. The second-order valence-electron chi connectivity index (χ2n) is 9.00. The molecule has 0 radical (unpaired) electrons. The summed E-state index contributed by atoms with van der Waals surface area (Å²) in [5.41, 5.74) is 3.17. The first kappa shape index (κ1) is 20.7. The molecule has 26 heavy (non-hydrogen) atoms. The van der Waals surface area contributed by atoms with Gasteiger partial charge in [0.15, 0.2) is 0 Å². The maximum atomic E-state index is 12.5. The van der Waals surface area contributed by atoms with Crippen LogP contribution in [0.25, 0.3) is 0 Å². The van der Waals surface area contributed by atoms with Gasteiger partial charge in [0.2, 0.25) is 5.91 Å². The Kier molecular flexibility index (Phi) is 6.33. The predicted molar refractivity (Wildman–Crippen MR) is 110 cm³/mol. The van der Waals surface area contributed by atoms with E-state index < -0.39 is 11.0 Å². The summed E-state index contributed by atoms with van der Waals surface area (Å²) in [5.74, 6) is 0.0201. The molecule has 2 atom stereocenters. The van der Waals surface area contributed by atoms with Gasteiger partial charge >= 0.3 is 0 Å². The third kappa shape index (κ3) is 5.70. The molecule has 0 spiro atoms. The van der Waals surface area contributed by atoms with Gasteiger partial charge < -0.3 is 10.0 Å². The molecule has 4 nitrogen and oxygen atoms in total. The first-order valence-electron chi connectivity index (χ1n) is 9.26. The average Bonchev–Trinajstić information content (AvgIpc) is 2.54. The Morgan fingerprint density at radius 1 is 1.08 bits per heavy atom. The largest absolute Gasteiger partial charge is 0.326 e. The van der Waals surface area contributed by atoms with Crippen molar-refractivity contribution < 1.29 is 9.00 Å². The highest BCUT2D eigenvalue weighted by molar-refractivity contribution is 7.84. The van der Waals surface area contributed by atoms with Gasteiger partial charge in [-0.15, -0.1) is 0 Å². The number of carbonyl (C=O) groups excluding carboxylic acids is 1. The molecular formula is C21H32N2O2S. The molecule has 0 aliphatic heterocycles. The SMILES string of the molecule is CC(C)(C)c1ccc(NC(=O)C2CC=C(NS(=O)C(C)(C)C)CC2)cc1. The van der Waals surface area contributed by atoms with E-state index in [1.165, 1.54) is 5.56 Å². The molecule has 1 aliphatic rings. The van der Waals surface area contributed by atoms with Crippen molar-refractivity contribution in [2.45, 2.75) is 71.0 Å². The van der Waals surface area contributed by atoms with Crippen LogP contribution in [-0.4, -0.2) is 14.9 Å². The van der Waals surface area contributed by atoms with Crippen LogP contribution in [0.15, 0.2) is 36.0 Å². The zero-order valence-electron chi connectivity index (χ0n) is 16.8. The summed E-state index contributed by atoms with van der Waals surface area (Å²) in [6, 6.07) is 8.08. The van der Waals surface area contributed by atoms with Crippen molar-refractivity contribution in [1.29, 1.82) is 0 Å². The fourth-order valence-corrected chi connectivity index (χ4v) is 3.46. The Labute approximate surface area is 160 Å². The first-order valence-corrected chi connectivity index (χ1v) is 10.4. The summed E-state index contributed by atoms with van der Waals surface area (Å²) in [6.07, 6.45) is 4.21. The molecule has 5 heteroatoms. The summed E-state index contributed by atoms with van der Waals surface area (Å²) in [5, 5.41) is 3.02. The molecule has 0 bridgehead atoms. The molecule has 2 unspecified atom stereocenters. The van der Waals surface area contributed by atoms with E-state index in [0.29, 0.717) is 6.42 Å². The van der Waals surface area contributed by atoms with Crippen LogP contribution in [0.4, 0.5) is 5.69 Å². The summed E-state index contributed by atoms with van der Waals surface area (Å²) in [7, 11) is -1.12. The van der Waals surface area contributed by atoms with E-state index in [9.17, 15) is 9.00 Å². The summed E-state index contributed by atoms with van der Waals surface area (Å²) in [6.45, 7) is 12.4. The zero-order valence-corrected chi connectivity index (χ0v) is 17.6. The Morgan fingerprint density at radius 3 is 2.15 bits per heavy atom. The highest BCUT2D eigenvalue weighted by Crippen LogP contribution is 2.26. The number of hydrogen-bond donors (Lipinski definition) is 2.